The molecule has 9 nitrogen and oxygen atoms in total. The van der Waals surface area contributed by atoms with Gasteiger partial charge in [-0.2, -0.15) is 5.10 Å². The third-order valence-electron chi connectivity index (χ3n) is 4.40. The Morgan fingerprint density at radius 1 is 1.14 bits per heavy atom. The van der Waals surface area contributed by atoms with Crippen molar-refractivity contribution in [3.05, 3.63) is 46.6 Å². The first-order valence-electron chi connectivity index (χ1n) is 8.81. The normalized spacial score (nSPS) is 12.9. The van der Waals surface area contributed by atoms with E-state index in [2.05, 4.69) is 10.4 Å². The van der Waals surface area contributed by atoms with Crippen molar-refractivity contribution in [1.29, 1.82) is 0 Å². The van der Waals surface area contributed by atoms with Crippen molar-refractivity contribution in [3.8, 4) is 0 Å². The molecule has 0 unspecified atom stereocenters. The van der Waals surface area contributed by atoms with Crippen LogP contribution in [0.4, 0.5) is 5.82 Å². The topological polar surface area (TPSA) is 111 Å². The molecule has 0 bridgehead atoms. The molecule has 0 saturated heterocycles. The van der Waals surface area contributed by atoms with Crippen LogP contribution in [0.2, 0.25) is 0 Å². The fraction of sp³-hybridized carbons (Fsp3) is 0.316. The maximum Gasteiger partial charge on any atom is 0.343 e. The Labute approximate surface area is 161 Å². The van der Waals surface area contributed by atoms with E-state index in [1.807, 2.05) is 0 Å². The third-order valence-corrected chi connectivity index (χ3v) is 4.40. The first-order valence-corrected chi connectivity index (χ1v) is 8.81. The zero-order valence-electron chi connectivity index (χ0n) is 15.8. The highest BCUT2D eigenvalue weighted by atomic mass is 16.5. The number of hydrogen-bond acceptors (Lipinski definition) is 6. The molecule has 9 heteroatoms. The van der Waals surface area contributed by atoms with Crippen LogP contribution in [0, 0.1) is 6.92 Å². The average molecular weight is 384 g/mol. The Morgan fingerprint density at radius 3 is 2.32 bits per heavy atom. The molecule has 0 aliphatic carbocycles. The SMILES string of the molecule is CCOC(=O)c1c(C)nn(C)c1NC(=O)CCN1C(=O)c2ccccc2C1=O. The molecule has 0 fully saturated rings. The Morgan fingerprint density at radius 2 is 1.75 bits per heavy atom. The number of hydrogen-bond donors (Lipinski definition) is 1. The van der Waals surface area contributed by atoms with Crippen molar-refractivity contribution in [2.75, 3.05) is 18.5 Å². The second-order valence-corrected chi connectivity index (χ2v) is 6.26. The second-order valence-electron chi connectivity index (χ2n) is 6.26. The molecular formula is C19H20N4O5. The van der Waals surface area contributed by atoms with Crippen LogP contribution in [0.1, 0.15) is 50.1 Å². The maximum absolute atomic E-state index is 12.4. The van der Waals surface area contributed by atoms with Crippen LogP contribution in [0.15, 0.2) is 24.3 Å². The van der Waals surface area contributed by atoms with Gasteiger partial charge in [-0.15, -0.1) is 0 Å². The summed E-state index contributed by atoms with van der Waals surface area (Å²) in [6, 6.07) is 6.53. The number of esters is 1. The number of nitrogens with zero attached hydrogens (tertiary/aromatic N) is 3. The Hall–Kier alpha value is -3.49. The summed E-state index contributed by atoms with van der Waals surface area (Å²) in [5.74, 6) is -1.66. The van der Waals surface area contributed by atoms with Gasteiger partial charge in [-0.1, -0.05) is 12.1 Å². The maximum atomic E-state index is 12.4. The van der Waals surface area contributed by atoms with Crippen molar-refractivity contribution in [2.24, 2.45) is 7.05 Å². The standard InChI is InChI=1S/C19H20N4O5/c1-4-28-19(27)15-11(2)21-22(3)16(15)20-14(24)9-10-23-17(25)12-7-5-6-8-13(12)18(23)26/h5-8H,4,9-10H2,1-3H3,(H,20,24). The molecule has 1 aromatic carbocycles. The predicted octanol–water partition coefficient (Wildman–Crippen LogP) is 1.53. The van der Waals surface area contributed by atoms with Gasteiger partial charge in [0, 0.05) is 20.0 Å². The molecule has 146 valence electrons. The lowest BCUT2D eigenvalue weighted by Crippen LogP contribution is -2.33. The molecule has 1 aromatic heterocycles. The van der Waals surface area contributed by atoms with Crippen LogP contribution in [0.3, 0.4) is 0 Å². The summed E-state index contributed by atoms with van der Waals surface area (Å²) in [6.45, 7) is 3.45. The number of nitrogens with one attached hydrogen (secondary N) is 1. The molecule has 28 heavy (non-hydrogen) atoms. The van der Waals surface area contributed by atoms with Gasteiger partial charge in [0.2, 0.25) is 5.91 Å². The van der Waals surface area contributed by atoms with Gasteiger partial charge in [0.1, 0.15) is 11.4 Å². The number of carbonyl (C=O) groups excluding carboxylic acids is 4. The Bertz CT molecular complexity index is 944. The van der Waals surface area contributed by atoms with Crippen molar-refractivity contribution >= 4 is 29.5 Å². The van der Waals surface area contributed by atoms with E-state index in [1.165, 1.54) is 4.68 Å². The van der Waals surface area contributed by atoms with Gasteiger partial charge in [-0.25, -0.2) is 4.79 Å². The minimum atomic E-state index is -0.580. The lowest BCUT2D eigenvalue weighted by atomic mass is 10.1. The van der Waals surface area contributed by atoms with Gasteiger partial charge in [0.25, 0.3) is 11.8 Å². The summed E-state index contributed by atoms with van der Waals surface area (Å²) < 4.78 is 6.38. The number of anilines is 1. The van der Waals surface area contributed by atoms with E-state index in [0.717, 1.165) is 4.90 Å². The average Bonchev–Trinajstić information content (AvgIpc) is 3.07. The van der Waals surface area contributed by atoms with Gasteiger partial charge in [-0.3, -0.25) is 24.0 Å². The highest BCUT2D eigenvalue weighted by molar-refractivity contribution is 6.21. The number of carbonyl (C=O) groups is 4. The van der Waals surface area contributed by atoms with Crippen molar-refractivity contribution in [1.82, 2.24) is 14.7 Å². The van der Waals surface area contributed by atoms with E-state index in [-0.39, 0.29) is 31.0 Å². The molecule has 3 amide bonds. The number of fused-ring (bicyclic) bond motifs is 1. The van der Waals surface area contributed by atoms with Gasteiger partial charge < -0.3 is 10.1 Å². The van der Waals surface area contributed by atoms with E-state index in [0.29, 0.717) is 16.8 Å². The third kappa shape index (κ3) is 3.38. The molecule has 2 aromatic rings. The summed E-state index contributed by atoms with van der Waals surface area (Å²) in [5, 5.41) is 6.76. The van der Waals surface area contributed by atoms with E-state index >= 15 is 0 Å². The summed E-state index contributed by atoms with van der Waals surface area (Å²) in [6.07, 6.45) is -0.113. The van der Waals surface area contributed by atoms with E-state index in [9.17, 15) is 19.2 Å². The summed E-state index contributed by atoms with van der Waals surface area (Å²) in [7, 11) is 1.59. The molecule has 0 saturated carbocycles. The molecule has 1 aliphatic rings. The number of rotatable bonds is 6. The Balaban J connectivity index is 1.69. The lowest BCUT2D eigenvalue weighted by Gasteiger charge is -2.14. The predicted molar refractivity (Wildman–Crippen MR) is 99.0 cm³/mol. The van der Waals surface area contributed by atoms with Crippen LogP contribution in [-0.2, 0) is 16.6 Å². The van der Waals surface area contributed by atoms with Crippen LogP contribution in [0.5, 0.6) is 0 Å². The highest BCUT2D eigenvalue weighted by Gasteiger charge is 2.35. The van der Waals surface area contributed by atoms with Crippen molar-refractivity contribution in [3.63, 3.8) is 0 Å². The van der Waals surface area contributed by atoms with Gasteiger partial charge in [0.05, 0.1) is 23.4 Å². The molecular weight excluding hydrogens is 364 g/mol. The molecule has 2 heterocycles. The number of imide groups is 1. The van der Waals surface area contributed by atoms with Crippen LogP contribution in [-0.4, -0.2) is 51.5 Å². The monoisotopic (exact) mass is 384 g/mol. The van der Waals surface area contributed by atoms with Gasteiger partial charge in [-0.05, 0) is 26.0 Å². The highest BCUT2D eigenvalue weighted by Crippen LogP contribution is 2.23. The fourth-order valence-electron chi connectivity index (χ4n) is 3.10. The molecule has 1 aliphatic heterocycles. The number of benzene rings is 1. The van der Waals surface area contributed by atoms with Crippen LogP contribution >= 0.6 is 0 Å². The molecule has 1 N–H and O–H groups in total. The first kappa shape index (κ1) is 19.3. The zero-order chi connectivity index (χ0) is 20.4. The van der Waals surface area contributed by atoms with E-state index in [4.69, 9.17) is 4.74 Å². The zero-order valence-corrected chi connectivity index (χ0v) is 15.8. The fourth-order valence-corrected chi connectivity index (χ4v) is 3.10. The minimum Gasteiger partial charge on any atom is -0.462 e. The summed E-state index contributed by atoms with van der Waals surface area (Å²) in [5.41, 5.74) is 1.27. The van der Waals surface area contributed by atoms with Crippen LogP contribution < -0.4 is 5.32 Å². The van der Waals surface area contributed by atoms with Crippen molar-refractivity contribution in [2.45, 2.75) is 20.3 Å². The minimum absolute atomic E-state index is 0.0657. The molecule has 0 spiro atoms. The number of amides is 3. The molecule has 0 radical (unpaired) electrons. The molecule has 0 atom stereocenters. The largest absolute Gasteiger partial charge is 0.462 e. The van der Waals surface area contributed by atoms with Gasteiger partial charge >= 0.3 is 5.97 Å². The summed E-state index contributed by atoms with van der Waals surface area (Å²) in [4.78, 5) is 50.3. The first-order chi connectivity index (χ1) is 13.3. The summed E-state index contributed by atoms with van der Waals surface area (Å²) >= 11 is 0. The van der Waals surface area contributed by atoms with Crippen molar-refractivity contribution < 1.29 is 23.9 Å². The Kier molecular flexibility index (Phi) is 5.25. The number of ether oxygens (including phenoxy) is 1. The quantitative estimate of drug-likeness (QED) is 0.597. The lowest BCUT2D eigenvalue weighted by molar-refractivity contribution is -0.116. The van der Waals surface area contributed by atoms with E-state index in [1.54, 1.807) is 45.2 Å². The number of aromatic nitrogens is 2. The van der Waals surface area contributed by atoms with Gasteiger partial charge in [0.15, 0.2) is 0 Å². The second kappa shape index (κ2) is 7.63. The van der Waals surface area contributed by atoms with E-state index < -0.39 is 23.7 Å². The number of aryl methyl sites for hydroxylation is 2. The van der Waals surface area contributed by atoms with Crippen LogP contribution in [0.25, 0.3) is 0 Å². The molecule has 3 rings (SSSR count). The smallest absolute Gasteiger partial charge is 0.343 e.